The van der Waals surface area contributed by atoms with Gasteiger partial charge in [-0.3, -0.25) is 0 Å². The fraction of sp³-hybridized carbons (Fsp3) is 0.231. The molecule has 1 N–H and O–H groups in total. The Morgan fingerprint density at radius 3 is 2.50 bits per heavy atom. The fourth-order valence-corrected chi connectivity index (χ4v) is 2.00. The lowest BCUT2D eigenvalue weighted by molar-refractivity contribution is 0.628. The Morgan fingerprint density at radius 1 is 1.17 bits per heavy atom. The number of aromatic nitrogens is 2. The van der Waals surface area contributed by atoms with Gasteiger partial charge in [-0.05, 0) is 36.8 Å². The number of hydrogen-bond donors (Lipinski definition) is 1. The predicted molar refractivity (Wildman–Crippen MR) is 72.4 cm³/mol. The van der Waals surface area contributed by atoms with Gasteiger partial charge < -0.3 is 5.32 Å². The van der Waals surface area contributed by atoms with Crippen molar-refractivity contribution in [2.75, 3.05) is 17.6 Å². The number of benzene rings is 1. The molecule has 0 saturated heterocycles. The minimum atomic E-state index is -0.219. The maximum absolute atomic E-state index is 12.7. The molecule has 94 valence electrons. The van der Waals surface area contributed by atoms with Crippen molar-refractivity contribution in [2.45, 2.75) is 12.1 Å². The van der Waals surface area contributed by atoms with Crippen molar-refractivity contribution in [3.8, 4) is 0 Å². The zero-order valence-corrected chi connectivity index (χ0v) is 10.9. The van der Waals surface area contributed by atoms with Crippen LogP contribution >= 0.6 is 11.8 Å². The summed E-state index contributed by atoms with van der Waals surface area (Å²) in [7, 11) is 0. The highest BCUT2D eigenvalue weighted by atomic mass is 32.2. The summed E-state index contributed by atoms with van der Waals surface area (Å²) in [5, 5.41) is 3.99. The van der Waals surface area contributed by atoms with Crippen molar-refractivity contribution in [3.05, 3.63) is 48.0 Å². The first-order valence-electron chi connectivity index (χ1n) is 5.65. The van der Waals surface area contributed by atoms with Gasteiger partial charge in [0.1, 0.15) is 5.82 Å². The molecule has 18 heavy (non-hydrogen) atoms. The third-order valence-corrected chi connectivity index (χ3v) is 3.14. The lowest BCUT2D eigenvalue weighted by atomic mass is 10.3. The van der Waals surface area contributed by atoms with E-state index in [0.29, 0.717) is 0 Å². The third-order valence-electron chi connectivity index (χ3n) is 2.26. The van der Waals surface area contributed by atoms with Crippen LogP contribution in [0, 0.1) is 12.7 Å². The monoisotopic (exact) mass is 263 g/mol. The molecule has 0 bridgehead atoms. The molecule has 0 radical (unpaired) electrons. The van der Waals surface area contributed by atoms with Crippen LogP contribution in [-0.4, -0.2) is 22.3 Å². The molecule has 0 saturated carbocycles. The van der Waals surface area contributed by atoms with E-state index in [1.807, 2.05) is 19.3 Å². The molecule has 0 unspecified atom stereocenters. The highest BCUT2D eigenvalue weighted by molar-refractivity contribution is 7.99. The van der Waals surface area contributed by atoms with Gasteiger partial charge in [-0.1, -0.05) is 11.8 Å². The molecule has 0 aliphatic rings. The summed E-state index contributed by atoms with van der Waals surface area (Å²) in [6.07, 6.45) is 3.62. The third kappa shape index (κ3) is 4.00. The summed E-state index contributed by atoms with van der Waals surface area (Å²) >= 11 is 1.59. The first-order valence-corrected chi connectivity index (χ1v) is 6.63. The van der Waals surface area contributed by atoms with Crippen LogP contribution in [0.3, 0.4) is 0 Å². The van der Waals surface area contributed by atoms with Crippen LogP contribution in [0.2, 0.25) is 0 Å². The second-order valence-corrected chi connectivity index (χ2v) is 4.89. The van der Waals surface area contributed by atoms with Gasteiger partial charge >= 0.3 is 0 Å². The Kier molecular flexibility index (Phi) is 4.52. The quantitative estimate of drug-likeness (QED) is 0.511. The van der Waals surface area contributed by atoms with Crippen LogP contribution in [0.1, 0.15) is 5.56 Å². The van der Waals surface area contributed by atoms with Crippen molar-refractivity contribution in [1.29, 1.82) is 0 Å². The second-order valence-electron chi connectivity index (χ2n) is 3.83. The van der Waals surface area contributed by atoms with E-state index in [1.54, 1.807) is 23.9 Å². The molecule has 1 aromatic heterocycles. The molecule has 2 rings (SSSR count). The van der Waals surface area contributed by atoms with Crippen LogP contribution < -0.4 is 5.32 Å². The molecule has 1 aromatic carbocycles. The van der Waals surface area contributed by atoms with Gasteiger partial charge in [-0.25, -0.2) is 14.4 Å². The Balaban J connectivity index is 1.73. The van der Waals surface area contributed by atoms with Crippen molar-refractivity contribution in [2.24, 2.45) is 0 Å². The lowest BCUT2D eigenvalue weighted by Gasteiger charge is -2.05. The molecule has 0 spiro atoms. The maximum Gasteiger partial charge on any atom is 0.187 e. The van der Waals surface area contributed by atoms with Gasteiger partial charge in [-0.2, -0.15) is 0 Å². The topological polar surface area (TPSA) is 37.8 Å². The standard InChI is InChI=1S/C13H14FN3S/c1-10-8-16-13(17-9-10)18-7-6-15-12-4-2-11(14)3-5-12/h2-5,8-9,15H,6-7H2,1H3. The zero-order chi connectivity index (χ0) is 12.8. The Hall–Kier alpha value is -1.62. The number of nitrogens with one attached hydrogen (secondary N) is 1. The highest BCUT2D eigenvalue weighted by Gasteiger charge is 1.97. The van der Waals surface area contributed by atoms with Crippen LogP contribution in [0.25, 0.3) is 0 Å². The molecule has 3 nitrogen and oxygen atoms in total. The van der Waals surface area contributed by atoms with Crippen LogP contribution in [0.5, 0.6) is 0 Å². The van der Waals surface area contributed by atoms with Crippen LogP contribution in [0.4, 0.5) is 10.1 Å². The molecular formula is C13H14FN3S. The Bertz CT molecular complexity index is 437. The number of hydrogen-bond acceptors (Lipinski definition) is 4. The smallest absolute Gasteiger partial charge is 0.187 e. The van der Waals surface area contributed by atoms with Crippen LogP contribution in [0.15, 0.2) is 41.8 Å². The average Bonchev–Trinajstić information content (AvgIpc) is 2.39. The summed E-state index contributed by atoms with van der Waals surface area (Å²) in [5.41, 5.74) is 1.98. The van der Waals surface area contributed by atoms with E-state index < -0.39 is 0 Å². The minimum absolute atomic E-state index is 0.219. The van der Waals surface area contributed by atoms with Gasteiger partial charge in [-0.15, -0.1) is 0 Å². The molecule has 0 aliphatic heterocycles. The van der Waals surface area contributed by atoms with Crippen molar-refractivity contribution >= 4 is 17.4 Å². The molecule has 0 fully saturated rings. The summed E-state index contributed by atoms with van der Waals surface area (Å²) in [4.78, 5) is 8.42. The highest BCUT2D eigenvalue weighted by Crippen LogP contribution is 2.12. The first kappa shape index (κ1) is 12.8. The summed E-state index contributed by atoms with van der Waals surface area (Å²) in [5.74, 6) is 0.642. The Labute approximate surface area is 110 Å². The van der Waals surface area contributed by atoms with E-state index in [9.17, 15) is 4.39 Å². The van der Waals surface area contributed by atoms with Crippen LogP contribution in [-0.2, 0) is 0 Å². The van der Waals surface area contributed by atoms with Gasteiger partial charge in [0, 0.05) is 30.4 Å². The van der Waals surface area contributed by atoms with E-state index in [2.05, 4.69) is 15.3 Å². The number of halogens is 1. The van der Waals surface area contributed by atoms with E-state index in [1.165, 1.54) is 12.1 Å². The molecule has 0 aliphatic carbocycles. The number of nitrogens with zero attached hydrogens (tertiary/aromatic N) is 2. The first-order chi connectivity index (χ1) is 8.74. The van der Waals surface area contributed by atoms with Gasteiger partial charge in [0.05, 0.1) is 0 Å². The number of aryl methyl sites for hydroxylation is 1. The molecule has 5 heteroatoms. The average molecular weight is 263 g/mol. The molecular weight excluding hydrogens is 249 g/mol. The van der Waals surface area contributed by atoms with E-state index >= 15 is 0 Å². The number of thioether (sulfide) groups is 1. The molecule has 1 heterocycles. The van der Waals surface area contributed by atoms with Crippen molar-refractivity contribution < 1.29 is 4.39 Å². The van der Waals surface area contributed by atoms with Gasteiger partial charge in [0.2, 0.25) is 0 Å². The van der Waals surface area contributed by atoms with Crippen molar-refractivity contribution in [1.82, 2.24) is 9.97 Å². The van der Waals surface area contributed by atoms with E-state index in [0.717, 1.165) is 28.7 Å². The maximum atomic E-state index is 12.7. The summed E-state index contributed by atoms with van der Waals surface area (Å²) < 4.78 is 12.7. The summed E-state index contributed by atoms with van der Waals surface area (Å²) in [6.45, 7) is 2.75. The molecule has 2 aromatic rings. The largest absolute Gasteiger partial charge is 0.384 e. The Morgan fingerprint density at radius 2 is 1.83 bits per heavy atom. The number of anilines is 1. The van der Waals surface area contributed by atoms with E-state index in [-0.39, 0.29) is 5.82 Å². The molecule has 0 amide bonds. The fourth-order valence-electron chi connectivity index (χ4n) is 1.36. The normalized spacial score (nSPS) is 10.3. The lowest BCUT2D eigenvalue weighted by Crippen LogP contribution is -2.04. The zero-order valence-electron chi connectivity index (χ0n) is 10.1. The van der Waals surface area contributed by atoms with Gasteiger partial charge in [0.15, 0.2) is 5.16 Å². The van der Waals surface area contributed by atoms with Gasteiger partial charge in [0.25, 0.3) is 0 Å². The molecule has 0 atom stereocenters. The summed E-state index contributed by atoms with van der Waals surface area (Å²) in [6, 6.07) is 6.34. The minimum Gasteiger partial charge on any atom is -0.384 e. The second kappa shape index (κ2) is 6.35. The SMILES string of the molecule is Cc1cnc(SCCNc2ccc(F)cc2)nc1. The predicted octanol–water partition coefficient (Wildman–Crippen LogP) is 3.13. The van der Waals surface area contributed by atoms with E-state index in [4.69, 9.17) is 0 Å². The number of rotatable bonds is 5. The van der Waals surface area contributed by atoms with Crippen molar-refractivity contribution in [3.63, 3.8) is 0 Å².